The fourth-order valence-corrected chi connectivity index (χ4v) is 3.93. The highest BCUT2D eigenvalue weighted by Crippen LogP contribution is 2.32. The van der Waals surface area contributed by atoms with Gasteiger partial charge in [0.05, 0.1) is 18.6 Å². The van der Waals surface area contributed by atoms with Crippen LogP contribution < -0.4 is 5.32 Å². The maximum absolute atomic E-state index is 14.0. The number of esters is 1. The molecule has 1 aromatic heterocycles. The third kappa shape index (κ3) is 4.73. The zero-order valence-corrected chi connectivity index (χ0v) is 16.9. The molecular formula is C21H22F3N3O4. The van der Waals surface area contributed by atoms with Crippen molar-refractivity contribution in [1.29, 1.82) is 0 Å². The van der Waals surface area contributed by atoms with Crippen molar-refractivity contribution in [1.82, 2.24) is 15.4 Å². The predicted molar refractivity (Wildman–Crippen MR) is 102 cm³/mol. The first-order valence-electron chi connectivity index (χ1n) is 10.1. The molecule has 2 atom stereocenters. The SMILES string of the molecule is COC(=O)[C@@H]1CN(CC2CC2)CC[C@H]1NC(=O)c1cc(-c2c(F)cc(F)cc2F)on1. The average molecular weight is 437 g/mol. The van der Waals surface area contributed by atoms with Gasteiger partial charge in [-0.25, -0.2) is 13.2 Å². The highest BCUT2D eigenvalue weighted by molar-refractivity contribution is 5.93. The summed E-state index contributed by atoms with van der Waals surface area (Å²) < 4.78 is 50.9. The van der Waals surface area contributed by atoms with E-state index in [9.17, 15) is 22.8 Å². The molecule has 2 fully saturated rings. The Balaban J connectivity index is 1.47. The standard InChI is InChI=1S/C21H22F3N3O4/c1-30-21(29)13-10-27(9-11-2-3-11)5-4-16(13)25-20(28)17-8-18(31-26-17)19-14(23)6-12(22)7-15(19)24/h6-8,11,13,16H,2-5,9-10H2,1H3,(H,25,28)/t13-,16-/m1/s1. The van der Waals surface area contributed by atoms with E-state index in [4.69, 9.17) is 9.26 Å². The molecule has 2 aromatic rings. The molecule has 0 unspecified atom stereocenters. The van der Waals surface area contributed by atoms with Crippen LogP contribution in [0.3, 0.4) is 0 Å². The Kier molecular flexibility index (Phi) is 5.99. The van der Waals surface area contributed by atoms with Gasteiger partial charge in [0.25, 0.3) is 5.91 Å². The molecule has 0 spiro atoms. The molecular weight excluding hydrogens is 415 g/mol. The molecule has 1 saturated heterocycles. The number of likely N-dealkylation sites (tertiary alicyclic amines) is 1. The van der Waals surface area contributed by atoms with Gasteiger partial charge < -0.3 is 19.5 Å². The van der Waals surface area contributed by atoms with Crippen molar-refractivity contribution < 1.29 is 32.0 Å². The lowest BCUT2D eigenvalue weighted by Crippen LogP contribution is -2.54. The van der Waals surface area contributed by atoms with Gasteiger partial charge in [0.1, 0.15) is 17.5 Å². The second-order valence-electron chi connectivity index (χ2n) is 8.02. The van der Waals surface area contributed by atoms with Gasteiger partial charge >= 0.3 is 5.97 Å². The van der Waals surface area contributed by atoms with Crippen molar-refractivity contribution >= 4 is 11.9 Å². The largest absolute Gasteiger partial charge is 0.469 e. The molecule has 1 N–H and O–H groups in total. The molecule has 1 aliphatic heterocycles. The van der Waals surface area contributed by atoms with Crippen LogP contribution >= 0.6 is 0 Å². The number of hydrogen-bond donors (Lipinski definition) is 1. The van der Waals surface area contributed by atoms with Gasteiger partial charge in [0, 0.05) is 43.9 Å². The lowest BCUT2D eigenvalue weighted by atomic mass is 9.91. The number of carbonyl (C=O) groups is 2. The van der Waals surface area contributed by atoms with Crippen LogP contribution in [0.1, 0.15) is 29.8 Å². The number of rotatable bonds is 6. The number of amides is 1. The number of piperidine rings is 1. The van der Waals surface area contributed by atoms with Gasteiger partial charge in [-0.2, -0.15) is 0 Å². The number of hydrogen-bond acceptors (Lipinski definition) is 6. The molecule has 4 rings (SSSR count). The monoisotopic (exact) mass is 437 g/mol. The number of ether oxygens (including phenoxy) is 1. The van der Waals surface area contributed by atoms with E-state index in [2.05, 4.69) is 15.4 Å². The van der Waals surface area contributed by atoms with Crippen molar-refractivity contribution in [2.75, 3.05) is 26.7 Å². The van der Waals surface area contributed by atoms with Crippen molar-refractivity contribution in [3.05, 3.63) is 41.3 Å². The summed E-state index contributed by atoms with van der Waals surface area (Å²) in [6, 6.07) is 1.62. The summed E-state index contributed by atoms with van der Waals surface area (Å²) >= 11 is 0. The van der Waals surface area contributed by atoms with E-state index < -0.39 is 46.9 Å². The molecule has 7 nitrogen and oxygen atoms in total. The van der Waals surface area contributed by atoms with E-state index in [1.807, 2.05) is 0 Å². The maximum Gasteiger partial charge on any atom is 0.312 e. The lowest BCUT2D eigenvalue weighted by Gasteiger charge is -2.37. The summed E-state index contributed by atoms with van der Waals surface area (Å²) in [4.78, 5) is 27.2. The molecule has 1 aromatic carbocycles. The molecule has 2 aliphatic rings. The Bertz CT molecular complexity index is 969. The summed E-state index contributed by atoms with van der Waals surface area (Å²) in [7, 11) is 1.30. The fraction of sp³-hybridized carbons (Fsp3) is 0.476. The molecule has 10 heteroatoms. The number of halogens is 3. The average Bonchev–Trinajstić information content (AvgIpc) is 3.41. The van der Waals surface area contributed by atoms with E-state index in [0.29, 0.717) is 31.0 Å². The van der Waals surface area contributed by atoms with Crippen LogP contribution in [-0.4, -0.2) is 54.7 Å². The Labute approximate surface area is 176 Å². The first-order chi connectivity index (χ1) is 14.9. The molecule has 1 amide bonds. The van der Waals surface area contributed by atoms with Crippen LogP contribution in [0.4, 0.5) is 13.2 Å². The van der Waals surface area contributed by atoms with Crippen LogP contribution in [0.15, 0.2) is 22.7 Å². The number of nitrogens with zero attached hydrogens (tertiary/aromatic N) is 2. The summed E-state index contributed by atoms with van der Waals surface area (Å²) in [5, 5.41) is 6.33. The minimum absolute atomic E-state index is 0.206. The highest BCUT2D eigenvalue weighted by atomic mass is 19.1. The molecule has 1 saturated carbocycles. The molecule has 2 heterocycles. The zero-order chi connectivity index (χ0) is 22.1. The van der Waals surface area contributed by atoms with Gasteiger partial charge in [-0.1, -0.05) is 5.16 Å². The normalized spacial score (nSPS) is 21.7. The lowest BCUT2D eigenvalue weighted by molar-refractivity contribution is -0.148. The zero-order valence-electron chi connectivity index (χ0n) is 16.9. The minimum atomic E-state index is -1.17. The number of aromatic nitrogens is 1. The van der Waals surface area contributed by atoms with Gasteiger partial charge in [-0.15, -0.1) is 0 Å². The van der Waals surface area contributed by atoms with Crippen molar-refractivity contribution in [3.63, 3.8) is 0 Å². The highest BCUT2D eigenvalue weighted by Gasteiger charge is 2.38. The van der Waals surface area contributed by atoms with Crippen LogP contribution in [0.2, 0.25) is 0 Å². The third-order valence-corrected chi connectivity index (χ3v) is 5.73. The summed E-state index contributed by atoms with van der Waals surface area (Å²) in [5.41, 5.74) is -0.823. The molecule has 166 valence electrons. The van der Waals surface area contributed by atoms with E-state index in [1.54, 1.807) is 0 Å². The van der Waals surface area contributed by atoms with Crippen LogP contribution in [0, 0.1) is 29.3 Å². The van der Waals surface area contributed by atoms with E-state index in [1.165, 1.54) is 20.0 Å². The second-order valence-corrected chi connectivity index (χ2v) is 8.02. The third-order valence-electron chi connectivity index (χ3n) is 5.73. The van der Waals surface area contributed by atoms with E-state index >= 15 is 0 Å². The predicted octanol–water partition coefficient (Wildman–Crippen LogP) is 2.76. The number of methoxy groups -OCH3 is 1. The second kappa shape index (κ2) is 8.70. The Morgan fingerprint density at radius 1 is 1.19 bits per heavy atom. The number of carbonyl (C=O) groups excluding carboxylic acids is 2. The summed E-state index contributed by atoms with van der Waals surface area (Å²) in [6.07, 6.45) is 2.94. The summed E-state index contributed by atoms with van der Waals surface area (Å²) in [6.45, 7) is 2.13. The van der Waals surface area contributed by atoms with E-state index in [-0.39, 0.29) is 11.5 Å². The van der Waals surface area contributed by atoms with Crippen molar-refractivity contribution in [3.8, 4) is 11.3 Å². The fourth-order valence-electron chi connectivity index (χ4n) is 3.93. The van der Waals surface area contributed by atoms with Crippen LogP contribution in [0.5, 0.6) is 0 Å². The molecule has 0 radical (unpaired) electrons. The topological polar surface area (TPSA) is 84.7 Å². The van der Waals surface area contributed by atoms with Crippen LogP contribution in [-0.2, 0) is 9.53 Å². The Hall–Kier alpha value is -2.88. The van der Waals surface area contributed by atoms with Gasteiger partial charge in [-0.05, 0) is 25.2 Å². The number of benzene rings is 1. The molecule has 0 bridgehead atoms. The molecule has 31 heavy (non-hydrogen) atoms. The van der Waals surface area contributed by atoms with Gasteiger partial charge in [-0.3, -0.25) is 9.59 Å². The summed E-state index contributed by atoms with van der Waals surface area (Å²) in [5.74, 6) is -4.69. The Morgan fingerprint density at radius 2 is 1.90 bits per heavy atom. The van der Waals surface area contributed by atoms with E-state index in [0.717, 1.165) is 19.2 Å². The Morgan fingerprint density at radius 3 is 2.55 bits per heavy atom. The van der Waals surface area contributed by atoms with Gasteiger partial charge in [0.15, 0.2) is 11.5 Å². The van der Waals surface area contributed by atoms with Crippen molar-refractivity contribution in [2.45, 2.75) is 25.3 Å². The number of nitrogens with one attached hydrogen (secondary N) is 1. The minimum Gasteiger partial charge on any atom is -0.469 e. The first kappa shape index (κ1) is 21.4. The van der Waals surface area contributed by atoms with Crippen molar-refractivity contribution in [2.24, 2.45) is 11.8 Å². The quantitative estimate of drug-likeness (QED) is 0.700. The van der Waals surface area contributed by atoms with Gasteiger partial charge in [0.2, 0.25) is 0 Å². The van der Waals surface area contributed by atoms with Crippen LogP contribution in [0.25, 0.3) is 11.3 Å². The smallest absolute Gasteiger partial charge is 0.312 e. The first-order valence-corrected chi connectivity index (χ1v) is 10.1. The molecule has 1 aliphatic carbocycles. The maximum atomic E-state index is 14.0.